The predicted molar refractivity (Wildman–Crippen MR) is 85.7 cm³/mol. The maximum Gasteiger partial charge on any atom is 0.332 e. The molecular weight excluding hydrogens is 300 g/mol. The molecule has 0 aromatic carbocycles. The van der Waals surface area contributed by atoms with Crippen molar-refractivity contribution >= 4 is 16.9 Å². The van der Waals surface area contributed by atoms with Crippen molar-refractivity contribution in [2.45, 2.75) is 32.9 Å². The second kappa shape index (κ2) is 5.86. The van der Waals surface area contributed by atoms with Gasteiger partial charge in [0.1, 0.15) is 17.7 Å². The smallest absolute Gasteiger partial charge is 0.332 e. The van der Waals surface area contributed by atoms with Gasteiger partial charge in [-0.3, -0.25) is 14.2 Å². The Bertz CT molecular complexity index is 874. The molecular formula is C15H20N4O4. The molecule has 0 bridgehead atoms. The zero-order valence-electron chi connectivity index (χ0n) is 13.8. The molecule has 1 amide bonds. The first-order valence-electron chi connectivity index (χ1n) is 7.09. The molecule has 2 rings (SSSR count). The number of nitrogens with zero attached hydrogens (tertiary/aromatic N) is 3. The normalized spacial score (nSPS) is 11.5. The van der Waals surface area contributed by atoms with E-state index in [0.717, 1.165) is 4.57 Å². The maximum absolute atomic E-state index is 12.6. The number of hydrogen-bond acceptors (Lipinski definition) is 5. The highest BCUT2D eigenvalue weighted by molar-refractivity contribution is 5.82. The van der Waals surface area contributed by atoms with Gasteiger partial charge < -0.3 is 10.1 Å². The Morgan fingerprint density at radius 2 is 2.00 bits per heavy atom. The van der Waals surface area contributed by atoms with E-state index in [1.807, 2.05) is 20.8 Å². The summed E-state index contributed by atoms with van der Waals surface area (Å²) >= 11 is 0. The average molecular weight is 320 g/mol. The van der Waals surface area contributed by atoms with E-state index >= 15 is 0 Å². The molecule has 0 radical (unpaired) electrons. The summed E-state index contributed by atoms with van der Waals surface area (Å²) in [6.45, 7) is 5.09. The van der Waals surface area contributed by atoms with Crippen LogP contribution < -0.4 is 21.3 Å². The number of ether oxygens (including phenoxy) is 1. The van der Waals surface area contributed by atoms with Crippen LogP contribution in [-0.2, 0) is 18.4 Å². The highest BCUT2D eigenvalue weighted by Gasteiger charge is 2.19. The number of rotatable bonds is 3. The van der Waals surface area contributed by atoms with Crippen LogP contribution in [0.2, 0.25) is 0 Å². The number of methoxy groups -OCH3 is 1. The fraction of sp³-hybridized carbons (Fsp3) is 0.467. The molecule has 0 fully saturated rings. The van der Waals surface area contributed by atoms with E-state index in [9.17, 15) is 14.4 Å². The highest BCUT2D eigenvalue weighted by Crippen LogP contribution is 2.18. The second-order valence-corrected chi connectivity index (χ2v) is 6.24. The van der Waals surface area contributed by atoms with Gasteiger partial charge in [-0.05, 0) is 26.8 Å². The van der Waals surface area contributed by atoms with Crippen LogP contribution in [-0.4, -0.2) is 32.7 Å². The number of carbonyl (C=O) groups is 1. The molecule has 0 atom stereocenters. The summed E-state index contributed by atoms with van der Waals surface area (Å²) < 4.78 is 7.28. The molecule has 0 saturated heterocycles. The van der Waals surface area contributed by atoms with Crippen LogP contribution in [0.15, 0.2) is 21.9 Å². The number of nitrogens with one attached hydrogen (secondary N) is 1. The fourth-order valence-corrected chi connectivity index (χ4v) is 2.29. The number of aromatic nitrogens is 3. The van der Waals surface area contributed by atoms with Gasteiger partial charge in [0, 0.05) is 18.8 Å². The van der Waals surface area contributed by atoms with E-state index in [4.69, 9.17) is 4.74 Å². The molecule has 0 unspecified atom stereocenters. The van der Waals surface area contributed by atoms with Crippen LogP contribution >= 0.6 is 0 Å². The van der Waals surface area contributed by atoms with Crippen LogP contribution in [0.5, 0.6) is 5.75 Å². The molecule has 23 heavy (non-hydrogen) atoms. The van der Waals surface area contributed by atoms with Gasteiger partial charge in [-0.15, -0.1) is 0 Å². The monoisotopic (exact) mass is 320 g/mol. The summed E-state index contributed by atoms with van der Waals surface area (Å²) in [7, 11) is 2.92. The molecule has 0 spiro atoms. The first-order valence-corrected chi connectivity index (χ1v) is 7.09. The van der Waals surface area contributed by atoms with Gasteiger partial charge in [-0.2, -0.15) is 0 Å². The third-order valence-corrected chi connectivity index (χ3v) is 3.22. The minimum absolute atomic E-state index is 0.167. The lowest BCUT2D eigenvalue weighted by Crippen LogP contribution is -2.47. The van der Waals surface area contributed by atoms with E-state index in [2.05, 4.69) is 10.3 Å². The lowest BCUT2D eigenvalue weighted by molar-refractivity contribution is -0.123. The lowest BCUT2D eigenvalue weighted by Gasteiger charge is -2.21. The first-order chi connectivity index (χ1) is 10.7. The topological polar surface area (TPSA) is 95.2 Å². The number of hydrogen-bond donors (Lipinski definition) is 1. The van der Waals surface area contributed by atoms with Crippen LogP contribution in [0.1, 0.15) is 20.8 Å². The van der Waals surface area contributed by atoms with Gasteiger partial charge in [0.15, 0.2) is 5.65 Å². The summed E-state index contributed by atoms with van der Waals surface area (Å²) in [6, 6.07) is 1.54. The van der Waals surface area contributed by atoms with Crippen molar-refractivity contribution in [1.82, 2.24) is 19.4 Å². The molecule has 1 N–H and O–H groups in total. The predicted octanol–water partition coefficient (Wildman–Crippen LogP) is 0.0185. The summed E-state index contributed by atoms with van der Waals surface area (Å²) in [5.41, 5.74) is -1.45. The van der Waals surface area contributed by atoms with Gasteiger partial charge in [-0.25, -0.2) is 14.3 Å². The summed E-state index contributed by atoms with van der Waals surface area (Å²) in [4.78, 5) is 41.1. The van der Waals surface area contributed by atoms with Crippen molar-refractivity contribution in [2.24, 2.45) is 7.05 Å². The van der Waals surface area contributed by atoms with Crippen LogP contribution in [0.3, 0.4) is 0 Å². The van der Waals surface area contributed by atoms with Gasteiger partial charge in [0.25, 0.3) is 5.56 Å². The zero-order chi connectivity index (χ0) is 17.4. The summed E-state index contributed by atoms with van der Waals surface area (Å²) in [5.74, 6) is -0.112. The minimum Gasteiger partial charge on any atom is -0.496 e. The molecule has 2 heterocycles. The Morgan fingerprint density at radius 3 is 2.57 bits per heavy atom. The van der Waals surface area contributed by atoms with E-state index in [-0.39, 0.29) is 17.6 Å². The van der Waals surface area contributed by atoms with Crippen LogP contribution in [0.4, 0.5) is 0 Å². The molecule has 0 aliphatic rings. The Kier molecular flexibility index (Phi) is 4.26. The summed E-state index contributed by atoms with van der Waals surface area (Å²) in [5, 5.41) is 2.89. The van der Waals surface area contributed by atoms with E-state index < -0.39 is 22.7 Å². The molecule has 0 aliphatic carbocycles. The van der Waals surface area contributed by atoms with Gasteiger partial charge in [-0.1, -0.05) is 0 Å². The Hall–Kier alpha value is -2.64. The van der Waals surface area contributed by atoms with Crippen LogP contribution in [0.25, 0.3) is 11.0 Å². The van der Waals surface area contributed by atoms with Gasteiger partial charge >= 0.3 is 5.69 Å². The van der Waals surface area contributed by atoms with Crippen molar-refractivity contribution in [1.29, 1.82) is 0 Å². The largest absolute Gasteiger partial charge is 0.496 e. The van der Waals surface area contributed by atoms with Crippen molar-refractivity contribution in [3.8, 4) is 5.75 Å². The van der Waals surface area contributed by atoms with Crippen molar-refractivity contribution in [3.05, 3.63) is 33.1 Å². The Labute approximate surface area is 132 Å². The Balaban J connectivity index is 2.64. The SMILES string of the molecule is COc1ccnc2c1c(=O)n(CC(=O)NC(C)(C)C)c(=O)n2C. The van der Waals surface area contributed by atoms with E-state index in [0.29, 0.717) is 5.75 Å². The average Bonchev–Trinajstić information content (AvgIpc) is 2.46. The molecule has 2 aromatic rings. The molecule has 8 nitrogen and oxygen atoms in total. The fourth-order valence-electron chi connectivity index (χ4n) is 2.29. The number of amides is 1. The first kappa shape index (κ1) is 16.7. The summed E-state index contributed by atoms with van der Waals surface area (Å²) in [6.07, 6.45) is 1.46. The van der Waals surface area contributed by atoms with Gasteiger partial charge in [0.05, 0.1) is 7.11 Å². The molecule has 124 valence electrons. The number of aryl methyl sites for hydroxylation is 1. The molecule has 8 heteroatoms. The van der Waals surface area contributed by atoms with Gasteiger partial charge in [0.2, 0.25) is 5.91 Å². The lowest BCUT2D eigenvalue weighted by atomic mass is 10.1. The van der Waals surface area contributed by atoms with Crippen molar-refractivity contribution in [2.75, 3.05) is 7.11 Å². The van der Waals surface area contributed by atoms with E-state index in [1.54, 1.807) is 0 Å². The van der Waals surface area contributed by atoms with Crippen molar-refractivity contribution < 1.29 is 9.53 Å². The quantitative estimate of drug-likeness (QED) is 0.860. The number of pyridine rings is 1. The number of carbonyl (C=O) groups excluding carboxylic acids is 1. The van der Waals surface area contributed by atoms with E-state index in [1.165, 1.54) is 31.0 Å². The van der Waals surface area contributed by atoms with Crippen molar-refractivity contribution in [3.63, 3.8) is 0 Å². The minimum atomic E-state index is -0.604. The standard InChI is InChI=1S/C15H20N4O4/c1-15(2,3)17-10(20)8-19-13(21)11-9(23-5)6-7-16-12(11)18(4)14(19)22/h6-7H,8H2,1-5H3,(H,17,20). The second-order valence-electron chi connectivity index (χ2n) is 6.24. The zero-order valence-corrected chi connectivity index (χ0v) is 13.8. The Morgan fingerprint density at radius 1 is 1.35 bits per heavy atom. The molecule has 0 aliphatic heterocycles. The number of fused-ring (bicyclic) bond motifs is 1. The third-order valence-electron chi connectivity index (χ3n) is 3.22. The maximum atomic E-state index is 12.6. The van der Waals surface area contributed by atoms with Crippen LogP contribution in [0, 0.1) is 0 Å². The third kappa shape index (κ3) is 3.25. The highest BCUT2D eigenvalue weighted by atomic mass is 16.5. The molecule has 2 aromatic heterocycles. The molecule has 0 saturated carbocycles.